The van der Waals surface area contributed by atoms with Gasteiger partial charge in [-0.2, -0.15) is 0 Å². The van der Waals surface area contributed by atoms with Crippen molar-refractivity contribution in [3.63, 3.8) is 0 Å². The van der Waals surface area contributed by atoms with E-state index in [-0.39, 0.29) is 11.8 Å². The normalized spacial score (nSPS) is 13.3. The van der Waals surface area contributed by atoms with Crippen LogP contribution in [-0.2, 0) is 6.54 Å². The van der Waals surface area contributed by atoms with Gasteiger partial charge in [0.25, 0.3) is 11.8 Å². The summed E-state index contributed by atoms with van der Waals surface area (Å²) in [5.74, 6) is 0.458. The van der Waals surface area contributed by atoms with Crippen molar-refractivity contribution in [3.05, 3.63) is 70.6 Å². The molecule has 0 aliphatic carbocycles. The highest BCUT2D eigenvalue weighted by Crippen LogP contribution is 2.26. The van der Waals surface area contributed by atoms with Crippen molar-refractivity contribution in [2.75, 3.05) is 19.6 Å². The molecule has 160 valence electrons. The third-order valence-corrected chi connectivity index (χ3v) is 5.53. The van der Waals surface area contributed by atoms with Gasteiger partial charge in [0.1, 0.15) is 0 Å². The first-order valence-corrected chi connectivity index (χ1v) is 10.7. The highest BCUT2D eigenvalue weighted by atomic mass is 35.5. The van der Waals surface area contributed by atoms with Gasteiger partial charge < -0.3 is 4.42 Å². The lowest BCUT2D eigenvalue weighted by molar-refractivity contribution is 0.0646. The Labute approximate surface area is 185 Å². The van der Waals surface area contributed by atoms with Gasteiger partial charge in [0.2, 0.25) is 11.8 Å². The quantitative estimate of drug-likeness (QED) is 0.464. The van der Waals surface area contributed by atoms with Crippen molar-refractivity contribution in [2.45, 2.75) is 26.3 Å². The standard InChI is InChI=1S/C23H23ClN4O3/c1-2-12-27(15-20-25-26-21(31-20)18-10-5-6-11-19(18)24)13-7-14-28-22(29)16-8-3-4-9-17(16)23(28)30/h3-6,8-11H,2,7,12-15H2,1H3. The Bertz CT molecular complexity index is 1060. The molecule has 0 spiro atoms. The van der Waals surface area contributed by atoms with Crippen LogP contribution in [0.2, 0.25) is 5.02 Å². The SMILES string of the molecule is CCCN(CCCN1C(=O)c2ccccc2C1=O)Cc1nnc(-c2ccccc2Cl)o1. The van der Waals surface area contributed by atoms with Crippen LogP contribution >= 0.6 is 11.6 Å². The fraction of sp³-hybridized carbons (Fsp3) is 0.304. The van der Waals surface area contributed by atoms with E-state index in [0.29, 0.717) is 59.5 Å². The summed E-state index contributed by atoms with van der Waals surface area (Å²) in [6.45, 7) is 4.51. The van der Waals surface area contributed by atoms with E-state index in [1.54, 1.807) is 30.3 Å². The van der Waals surface area contributed by atoms with Crippen molar-refractivity contribution in [3.8, 4) is 11.5 Å². The van der Waals surface area contributed by atoms with Crippen LogP contribution in [0.5, 0.6) is 0 Å². The van der Waals surface area contributed by atoms with Gasteiger partial charge in [-0.3, -0.25) is 19.4 Å². The summed E-state index contributed by atoms with van der Waals surface area (Å²) in [7, 11) is 0. The number of halogens is 1. The van der Waals surface area contributed by atoms with Gasteiger partial charge in [0, 0.05) is 13.1 Å². The topological polar surface area (TPSA) is 79.5 Å². The Hall–Kier alpha value is -3.03. The minimum atomic E-state index is -0.219. The van der Waals surface area contributed by atoms with E-state index >= 15 is 0 Å². The molecule has 3 aromatic rings. The third kappa shape index (κ3) is 4.52. The van der Waals surface area contributed by atoms with E-state index in [4.69, 9.17) is 16.0 Å². The molecule has 31 heavy (non-hydrogen) atoms. The Morgan fingerprint density at radius 3 is 2.23 bits per heavy atom. The van der Waals surface area contributed by atoms with Crippen LogP contribution in [0.15, 0.2) is 52.9 Å². The average molecular weight is 439 g/mol. The summed E-state index contributed by atoms with van der Waals surface area (Å²) in [6.07, 6.45) is 1.62. The molecule has 1 aliphatic heterocycles. The fourth-order valence-corrected chi connectivity index (χ4v) is 3.95. The number of imide groups is 1. The van der Waals surface area contributed by atoms with Crippen molar-refractivity contribution >= 4 is 23.4 Å². The fourth-order valence-electron chi connectivity index (χ4n) is 3.73. The highest BCUT2D eigenvalue weighted by molar-refractivity contribution is 6.33. The molecule has 1 aliphatic rings. The second-order valence-corrected chi connectivity index (χ2v) is 7.83. The molecule has 0 unspecified atom stereocenters. The van der Waals surface area contributed by atoms with E-state index in [1.165, 1.54) is 4.90 Å². The zero-order chi connectivity index (χ0) is 21.8. The molecule has 0 radical (unpaired) electrons. The van der Waals surface area contributed by atoms with E-state index in [9.17, 15) is 9.59 Å². The van der Waals surface area contributed by atoms with Crippen LogP contribution in [0.1, 0.15) is 46.4 Å². The van der Waals surface area contributed by atoms with Gasteiger partial charge in [-0.15, -0.1) is 10.2 Å². The molecule has 8 heteroatoms. The first kappa shape index (κ1) is 21.2. The lowest BCUT2D eigenvalue weighted by atomic mass is 10.1. The molecule has 1 aromatic heterocycles. The number of hydrogen-bond acceptors (Lipinski definition) is 6. The molecular formula is C23H23ClN4O3. The zero-order valence-electron chi connectivity index (χ0n) is 17.3. The van der Waals surface area contributed by atoms with Gasteiger partial charge in [-0.05, 0) is 43.7 Å². The second-order valence-electron chi connectivity index (χ2n) is 7.42. The zero-order valence-corrected chi connectivity index (χ0v) is 18.0. The summed E-state index contributed by atoms with van der Waals surface area (Å²) >= 11 is 6.21. The Kier molecular flexibility index (Phi) is 6.44. The molecular weight excluding hydrogens is 416 g/mol. The minimum Gasteiger partial charge on any atom is -0.419 e. The van der Waals surface area contributed by atoms with E-state index in [2.05, 4.69) is 22.0 Å². The van der Waals surface area contributed by atoms with Gasteiger partial charge >= 0.3 is 0 Å². The summed E-state index contributed by atoms with van der Waals surface area (Å²) in [5, 5.41) is 8.84. The van der Waals surface area contributed by atoms with E-state index in [1.807, 2.05) is 18.2 Å². The van der Waals surface area contributed by atoms with Crippen LogP contribution in [-0.4, -0.2) is 51.4 Å². The minimum absolute atomic E-state index is 0.219. The van der Waals surface area contributed by atoms with Crippen LogP contribution in [0.4, 0.5) is 0 Å². The maximum atomic E-state index is 12.5. The van der Waals surface area contributed by atoms with Crippen molar-refractivity contribution in [2.24, 2.45) is 0 Å². The average Bonchev–Trinajstić information content (AvgIpc) is 3.33. The van der Waals surface area contributed by atoms with Crippen LogP contribution in [0.3, 0.4) is 0 Å². The lowest BCUT2D eigenvalue weighted by Crippen LogP contribution is -2.34. The Balaban J connectivity index is 1.36. The number of hydrogen-bond donors (Lipinski definition) is 0. The maximum Gasteiger partial charge on any atom is 0.261 e. The monoisotopic (exact) mass is 438 g/mol. The summed E-state index contributed by atoms with van der Waals surface area (Å²) in [5.41, 5.74) is 1.67. The van der Waals surface area contributed by atoms with Gasteiger partial charge in [-0.25, -0.2) is 0 Å². The number of fused-ring (bicyclic) bond motifs is 1. The molecule has 0 saturated heterocycles. The maximum absolute atomic E-state index is 12.5. The van der Waals surface area contributed by atoms with E-state index in [0.717, 1.165) is 13.0 Å². The summed E-state index contributed by atoms with van der Waals surface area (Å²) in [4.78, 5) is 28.5. The number of aromatic nitrogens is 2. The molecule has 2 heterocycles. The Morgan fingerprint density at radius 1 is 0.935 bits per heavy atom. The predicted molar refractivity (Wildman–Crippen MR) is 117 cm³/mol. The molecule has 0 saturated carbocycles. The van der Waals surface area contributed by atoms with Crippen LogP contribution in [0, 0.1) is 0 Å². The molecule has 4 rings (SSSR count). The molecule has 2 amide bonds. The molecule has 0 atom stereocenters. The largest absolute Gasteiger partial charge is 0.419 e. The number of rotatable bonds is 9. The van der Waals surface area contributed by atoms with Crippen LogP contribution < -0.4 is 0 Å². The number of carbonyl (C=O) groups is 2. The second kappa shape index (κ2) is 9.41. The summed E-state index contributed by atoms with van der Waals surface area (Å²) < 4.78 is 5.82. The highest BCUT2D eigenvalue weighted by Gasteiger charge is 2.34. The lowest BCUT2D eigenvalue weighted by Gasteiger charge is -2.21. The third-order valence-electron chi connectivity index (χ3n) is 5.20. The molecule has 0 bridgehead atoms. The summed E-state index contributed by atoms with van der Waals surface area (Å²) in [6, 6.07) is 14.3. The predicted octanol–water partition coefficient (Wildman–Crippen LogP) is 4.29. The number of benzene rings is 2. The van der Waals surface area contributed by atoms with Gasteiger partial charge in [0.05, 0.1) is 28.3 Å². The first-order valence-electron chi connectivity index (χ1n) is 10.3. The van der Waals surface area contributed by atoms with Crippen molar-refractivity contribution < 1.29 is 14.0 Å². The molecule has 0 N–H and O–H groups in total. The molecule has 2 aromatic carbocycles. The molecule has 7 nitrogen and oxygen atoms in total. The van der Waals surface area contributed by atoms with Crippen LogP contribution in [0.25, 0.3) is 11.5 Å². The first-order chi connectivity index (χ1) is 15.1. The van der Waals surface area contributed by atoms with E-state index < -0.39 is 0 Å². The smallest absolute Gasteiger partial charge is 0.261 e. The Morgan fingerprint density at radius 2 is 1.58 bits per heavy atom. The molecule has 0 fully saturated rings. The van der Waals surface area contributed by atoms with Crippen molar-refractivity contribution in [1.29, 1.82) is 0 Å². The number of nitrogens with zero attached hydrogens (tertiary/aromatic N) is 4. The van der Waals surface area contributed by atoms with Gasteiger partial charge in [0.15, 0.2) is 0 Å². The van der Waals surface area contributed by atoms with Gasteiger partial charge in [-0.1, -0.05) is 42.8 Å². The van der Waals surface area contributed by atoms with Crippen molar-refractivity contribution in [1.82, 2.24) is 20.0 Å². The number of carbonyl (C=O) groups excluding carboxylic acids is 2. The number of amides is 2.